The molecule has 0 saturated heterocycles. The quantitative estimate of drug-likeness (QED) is 0.595. The van der Waals surface area contributed by atoms with Crippen molar-refractivity contribution in [1.82, 2.24) is 4.98 Å². The van der Waals surface area contributed by atoms with Crippen LogP contribution in [0.2, 0.25) is 0 Å². The Morgan fingerprint density at radius 1 is 1.18 bits per heavy atom. The van der Waals surface area contributed by atoms with Crippen LogP contribution in [0, 0.1) is 31.6 Å². The van der Waals surface area contributed by atoms with Crippen LogP contribution in [0.15, 0.2) is 18.2 Å². The first kappa shape index (κ1) is 19.9. The van der Waals surface area contributed by atoms with Crippen LogP contribution in [0.1, 0.15) is 48.1 Å². The van der Waals surface area contributed by atoms with E-state index in [0.29, 0.717) is 11.0 Å². The zero-order chi connectivity index (χ0) is 20.6. The maximum absolute atomic E-state index is 12.5. The van der Waals surface area contributed by atoms with Gasteiger partial charge in [0.25, 0.3) is 17.3 Å². The van der Waals surface area contributed by atoms with Gasteiger partial charge in [0.2, 0.25) is 0 Å². The topological polar surface area (TPSA) is 128 Å². The number of rotatable bonds is 4. The Morgan fingerprint density at radius 2 is 1.79 bits per heavy atom. The second-order valence-corrected chi connectivity index (χ2v) is 8.98. The number of amides is 1. The molecule has 148 valence electrons. The average molecular weight is 404 g/mol. The van der Waals surface area contributed by atoms with Crippen LogP contribution in [0.4, 0.5) is 16.5 Å². The van der Waals surface area contributed by atoms with Gasteiger partial charge in [-0.15, -0.1) is 11.3 Å². The van der Waals surface area contributed by atoms with Crippen LogP contribution in [-0.2, 0) is 12.8 Å². The molecule has 1 heterocycles. The summed E-state index contributed by atoms with van der Waals surface area (Å²) in [5.74, 6) is -0.131. The summed E-state index contributed by atoms with van der Waals surface area (Å²) in [6.45, 7) is 6.63. The van der Waals surface area contributed by atoms with E-state index in [2.05, 4.69) is 31.1 Å². The number of anilines is 1. The van der Waals surface area contributed by atoms with Gasteiger partial charge in [0.15, 0.2) is 5.13 Å². The molecule has 1 aromatic heterocycles. The van der Waals surface area contributed by atoms with E-state index >= 15 is 0 Å². The zero-order valence-corrected chi connectivity index (χ0v) is 16.5. The number of benzene rings is 1. The van der Waals surface area contributed by atoms with Crippen LogP contribution in [0.3, 0.4) is 0 Å². The number of nitro benzene ring substituents is 2. The molecule has 2 aromatic rings. The number of carbonyl (C=O) groups excluding carboxylic acids is 1. The maximum atomic E-state index is 12.5. The van der Waals surface area contributed by atoms with Gasteiger partial charge >= 0.3 is 0 Å². The number of nitrogens with one attached hydrogen (secondary N) is 1. The number of aryl methyl sites for hydroxylation is 1. The van der Waals surface area contributed by atoms with Crippen molar-refractivity contribution in [1.29, 1.82) is 0 Å². The Kier molecular flexibility index (Phi) is 5.16. The van der Waals surface area contributed by atoms with E-state index in [4.69, 9.17) is 0 Å². The van der Waals surface area contributed by atoms with Crippen molar-refractivity contribution in [2.45, 2.75) is 40.0 Å². The first-order valence-electron chi connectivity index (χ1n) is 8.78. The summed E-state index contributed by atoms with van der Waals surface area (Å²) in [5, 5.41) is 25.0. The summed E-state index contributed by atoms with van der Waals surface area (Å²) in [4.78, 5) is 38.6. The van der Waals surface area contributed by atoms with E-state index in [-0.39, 0.29) is 11.0 Å². The van der Waals surface area contributed by atoms with Crippen LogP contribution in [0.5, 0.6) is 0 Å². The summed E-state index contributed by atoms with van der Waals surface area (Å²) in [6.07, 6.45) is 2.77. The zero-order valence-electron chi connectivity index (χ0n) is 15.7. The summed E-state index contributed by atoms with van der Waals surface area (Å²) in [6, 6.07) is 2.86. The molecule has 1 aliphatic rings. The maximum Gasteiger partial charge on any atom is 0.277 e. The van der Waals surface area contributed by atoms with Gasteiger partial charge in [0, 0.05) is 17.0 Å². The van der Waals surface area contributed by atoms with E-state index in [9.17, 15) is 25.0 Å². The fourth-order valence-corrected chi connectivity index (χ4v) is 4.36. The summed E-state index contributed by atoms with van der Waals surface area (Å²) in [7, 11) is 0. The lowest BCUT2D eigenvalue weighted by Crippen LogP contribution is -2.26. The molecule has 1 amide bonds. The van der Waals surface area contributed by atoms with Crippen LogP contribution in [-0.4, -0.2) is 20.7 Å². The number of hydrogen-bond acceptors (Lipinski definition) is 7. The molecular formula is C18H20N4O5S. The fraction of sp³-hybridized carbons (Fsp3) is 0.444. The van der Waals surface area contributed by atoms with Crippen LogP contribution < -0.4 is 5.32 Å². The van der Waals surface area contributed by atoms with E-state index in [1.54, 1.807) is 0 Å². The van der Waals surface area contributed by atoms with E-state index in [1.165, 1.54) is 11.3 Å². The molecule has 1 aromatic carbocycles. The Hall–Kier alpha value is -2.88. The highest BCUT2D eigenvalue weighted by atomic mass is 32.1. The molecule has 10 heteroatoms. The highest BCUT2D eigenvalue weighted by Crippen LogP contribution is 2.40. The SMILES string of the molecule is CC(C)(C)C1CCc2nc(NC(=O)c3cc([N+](=O)[O-])cc([N+](=O)[O-])c3)sc2C1. The first-order valence-corrected chi connectivity index (χ1v) is 9.60. The predicted octanol–water partition coefficient (Wildman–Crippen LogP) is 4.36. The molecule has 9 nitrogen and oxygen atoms in total. The van der Waals surface area contributed by atoms with Crippen molar-refractivity contribution < 1.29 is 14.6 Å². The number of aromatic nitrogens is 1. The minimum Gasteiger partial charge on any atom is -0.298 e. The molecule has 0 spiro atoms. The number of nitro groups is 2. The van der Waals surface area contributed by atoms with Gasteiger partial charge in [0.1, 0.15) is 0 Å². The molecular weight excluding hydrogens is 384 g/mol. The number of carbonyl (C=O) groups is 1. The molecule has 1 N–H and O–H groups in total. The highest BCUT2D eigenvalue weighted by Gasteiger charge is 2.31. The van der Waals surface area contributed by atoms with Gasteiger partial charge in [-0.3, -0.25) is 30.3 Å². The van der Waals surface area contributed by atoms with Crippen molar-refractivity contribution in [3.63, 3.8) is 0 Å². The lowest BCUT2D eigenvalue weighted by Gasteiger charge is -2.33. The molecule has 1 aliphatic carbocycles. The van der Waals surface area contributed by atoms with Crippen molar-refractivity contribution in [3.05, 3.63) is 54.6 Å². The molecule has 0 saturated carbocycles. The van der Waals surface area contributed by atoms with E-state index in [0.717, 1.165) is 48.0 Å². The molecule has 0 radical (unpaired) electrons. The Morgan fingerprint density at radius 3 is 2.32 bits per heavy atom. The number of nitrogens with zero attached hydrogens (tertiary/aromatic N) is 3. The largest absolute Gasteiger partial charge is 0.298 e. The Balaban J connectivity index is 1.82. The lowest BCUT2D eigenvalue weighted by atomic mass is 9.73. The number of fused-ring (bicyclic) bond motifs is 1. The van der Waals surface area contributed by atoms with Gasteiger partial charge in [0.05, 0.1) is 27.2 Å². The van der Waals surface area contributed by atoms with Crippen molar-refractivity contribution >= 4 is 33.8 Å². The summed E-state index contributed by atoms with van der Waals surface area (Å²) < 4.78 is 0. The number of thiazole rings is 1. The van der Waals surface area contributed by atoms with E-state index < -0.39 is 27.1 Å². The number of non-ortho nitro benzene ring substituents is 2. The highest BCUT2D eigenvalue weighted by molar-refractivity contribution is 7.15. The van der Waals surface area contributed by atoms with Gasteiger partial charge in [-0.25, -0.2) is 4.98 Å². The van der Waals surface area contributed by atoms with Gasteiger partial charge in [-0.05, 0) is 30.6 Å². The van der Waals surface area contributed by atoms with Gasteiger partial charge in [-0.2, -0.15) is 0 Å². The molecule has 1 atom stereocenters. The molecule has 0 fully saturated rings. The smallest absolute Gasteiger partial charge is 0.277 e. The first-order chi connectivity index (χ1) is 13.0. The van der Waals surface area contributed by atoms with Crippen molar-refractivity contribution in [2.75, 3.05) is 5.32 Å². The predicted molar refractivity (Wildman–Crippen MR) is 105 cm³/mol. The third-order valence-electron chi connectivity index (χ3n) is 4.97. The van der Waals surface area contributed by atoms with Gasteiger partial charge in [-0.1, -0.05) is 20.8 Å². The third-order valence-corrected chi connectivity index (χ3v) is 6.01. The fourth-order valence-electron chi connectivity index (χ4n) is 3.27. The Labute approximate surface area is 165 Å². The second-order valence-electron chi connectivity index (χ2n) is 7.90. The molecule has 0 aliphatic heterocycles. The molecule has 28 heavy (non-hydrogen) atoms. The molecule has 0 bridgehead atoms. The number of hydrogen-bond donors (Lipinski definition) is 1. The average Bonchev–Trinajstić information content (AvgIpc) is 3.01. The lowest BCUT2D eigenvalue weighted by molar-refractivity contribution is -0.394. The molecule has 3 rings (SSSR count). The van der Waals surface area contributed by atoms with Crippen LogP contribution in [0.25, 0.3) is 0 Å². The summed E-state index contributed by atoms with van der Waals surface area (Å²) in [5.41, 5.74) is -0.0171. The van der Waals surface area contributed by atoms with Gasteiger partial charge < -0.3 is 0 Å². The van der Waals surface area contributed by atoms with Crippen LogP contribution >= 0.6 is 11.3 Å². The standard InChI is InChI=1S/C18H20N4O5S/c1-18(2,3)11-4-5-14-15(8-11)28-17(19-14)20-16(23)10-6-12(21(24)25)9-13(7-10)22(26)27/h6-7,9,11H,4-5,8H2,1-3H3,(H,19,20,23). The van der Waals surface area contributed by atoms with Crippen molar-refractivity contribution in [2.24, 2.45) is 11.3 Å². The minimum absolute atomic E-state index is 0.151. The third kappa shape index (κ3) is 4.16. The monoisotopic (exact) mass is 404 g/mol. The second kappa shape index (κ2) is 7.27. The van der Waals surface area contributed by atoms with Crippen molar-refractivity contribution in [3.8, 4) is 0 Å². The minimum atomic E-state index is -0.765. The normalized spacial score (nSPS) is 16.3. The van der Waals surface area contributed by atoms with E-state index in [1.807, 2.05) is 0 Å². The molecule has 1 unspecified atom stereocenters. The summed E-state index contributed by atoms with van der Waals surface area (Å²) >= 11 is 1.39. The Bertz CT molecular complexity index is 931.